The van der Waals surface area contributed by atoms with Crippen LogP contribution in [0.3, 0.4) is 0 Å². The van der Waals surface area contributed by atoms with Crippen LogP contribution in [0.2, 0.25) is 0 Å². The molecule has 3 aromatic rings. The molecule has 0 aromatic heterocycles. The summed E-state index contributed by atoms with van der Waals surface area (Å²) in [6.45, 7) is 5.42. The smallest absolute Gasteiger partial charge is 0.339 e. The molecule has 38 heavy (non-hydrogen) atoms. The zero-order chi connectivity index (χ0) is 27.7. The van der Waals surface area contributed by atoms with Crippen LogP contribution < -0.4 is 9.92 Å². The first kappa shape index (κ1) is 28.9. The molecule has 2 unspecified atom stereocenters. The lowest BCUT2D eigenvalue weighted by atomic mass is 9.83. The summed E-state index contributed by atoms with van der Waals surface area (Å²) < 4.78 is 41.5. The van der Waals surface area contributed by atoms with Crippen LogP contribution >= 0.6 is 0 Å². The van der Waals surface area contributed by atoms with Crippen molar-refractivity contribution >= 4 is 22.1 Å². The van der Waals surface area contributed by atoms with Crippen LogP contribution in [0.1, 0.15) is 42.9 Å². The molecule has 3 aromatic carbocycles. The van der Waals surface area contributed by atoms with Gasteiger partial charge >= 0.3 is 22.1 Å². The van der Waals surface area contributed by atoms with Crippen LogP contribution in [-0.4, -0.2) is 33.0 Å². The lowest BCUT2D eigenvalue weighted by molar-refractivity contribution is -0.151. The first-order valence-corrected chi connectivity index (χ1v) is 13.7. The quantitative estimate of drug-likeness (QED) is 0.264. The highest BCUT2D eigenvalue weighted by Crippen LogP contribution is 2.31. The summed E-state index contributed by atoms with van der Waals surface area (Å²) in [5, 5.41) is 0. The zero-order valence-corrected chi connectivity index (χ0v) is 22.5. The molecule has 202 valence electrons. The molecule has 0 heterocycles. The lowest BCUT2D eigenvalue weighted by Crippen LogP contribution is -2.32. The highest BCUT2D eigenvalue weighted by Gasteiger charge is 2.33. The van der Waals surface area contributed by atoms with Crippen LogP contribution in [0, 0.1) is 12.8 Å². The maximum absolute atomic E-state index is 13.3. The molecule has 0 aliphatic rings. The summed E-state index contributed by atoms with van der Waals surface area (Å²) in [4.78, 5) is 25.7. The van der Waals surface area contributed by atoms with Crippen molar-refractivity contribution in [1.82, 2.24) is 0 Å². The Hall–Kier alpha value is -3.69. The third-order valence-corrected chi connectivity index (χ3v) is 7.06. The van der Waals surface area contributed by atoms with Gasteiger partial charge in [0.15, 0.2) is 0 Å². The van der Waals surface area contributed by atoms with Gasteiger partial charge in [0.05, 0.1) is 18.4 Å². The van der Waals surface area contributed by atoms with Gasteiger partial charge in [-0.3, -0.25) is 9.59 Å². The Morgan fingerprint density at radius 3 is 2.11 bits per heavy atom. The molecule has 0 amide bonds. The van der Waals surface area contributed by atoms with Crippen LogP contribution in [0.25, 0.3) is 0 Å². The number of hydrogen-bond donors (Lipinski definition) is 1. The van der Waals surface area contributed by atoms with Gasteiger partial charge in [-0.05, 0) is 68.6 Å². The summed E-state index contributed by atoms with van der Waals surface area (Å²) in [7, 11) is -4.04. The number of benzene rings is 3. The van der Waals surface area contributed by atoms with Crippen LogP contribution in [-0.2, 0) is 35.8 Å². The van der Waals surface area contributed by atoms with Gasteiger partial charge in [0.2, 0.25) is 0 Å². The molecule has 0 saturated carbocycles. The lowest BCUT2D eigenvalue weighted by Gasteiger charge is -2.25. The van der Waals surface area contributed by atoms with E-state index in [4.69, 9.17) is 19.4 Å². The van der Waals surface area contributed by atoms with Gasteiger partial charge in [0.25, 0.3) is 0 Å². The van der Waals surface area contributed by atoms with Crippen molar-refractivity contribution in [3.8, 4) is 5.75 Å². The topological polar surface area (TPSA) is 122 Å². The number of carbonyl (C=O) groups is 2. The predicted octanol–water partition coefficient (Wildman–Crippen LogP) is 4.51. The summed E-state index contributed by atoms with van der Waals surface area (Å²) >= 11 is 0. The van der Waals surface area contributed by atoms with E-state index in [2.05, 4.69) is 0 Å². The summed E-state index contributed by atoms with van der Waals surface area (Å²) in [6.07, 6.45) is -0.392. The van der Waals surface area contributed by atoms with Gasteiger partial charge < -0.3 is 19.4 Å². The Bertz CT molecular complexity index is 1310. The fraction of sp³-hybridized carbons (Fsp3) is 0.310. The summed E-state index contributed by atoms with van der Waals surface area (Å²) in [5.74, 6) is -2.43. The van der Waals surface area contributed by atoms with Crippen LogP contribution in [0.5, 0.6) is 5.75 Å². The second-order valence-corrected chi connectivity index (χ2v) is 10.8. The van der Waals surface area contributed by atoms with Gasteiger partial charge in [-0.2, -0.15) is 8.42 Å². The van der Waals surface area contributed by atoms with Crippen molar-refractivity contribution in [2.45, 2.75) is 50.7 Å². The SMILES string of the molecule is Cc1ccc(S(=O)(=O)Oc2ccc(C(C(=O)OCc3ccccc3)C(CN)CC(=O)OC(C)C)cc2)cc1. The standard InChI is InChI=1S/C29H33NO7S/c1-20(2)36-27(31)17-24(18-30)28(29(32)35-19-22-7-5-4-6-8-22)23-11-13-25(14-12-23)37-38(33,34)26-15-9-21(3)10-16-26/h4-16,20,24,28H,17-19,30H2,1-3H3. The largest absolute Gasteiger partial charge is 0.463 e. The van der Waals surface area contributed by atoms with Crippen LogP contribution in [0.4, 0.5) is 0 Å². The predicted molar refractivity (Wildman–Crippen MR) is 143 cm³/mol. The first-order valence-electron chi connectivity index (χ1n) is 12.3. The molecule has 9 heteroatoms. The van der Waals surface area contributed by atoms with E-state index in [1.807, 2.05) is 37.3 Å². The number of ether oxygens (including phenoxy) is 2. The van der Waals surface area contributed by atoms with Crippen molar-refractivity contribution < 1.29 is 31.7 Å². The summed E-state index contributed by atoms with van der Waals surface area (Å²) in [6, 6.07) is 21.6. The second kappa shape index (κ2) is 13.2. The first-order chi connectivity index (χ1) is 18.1. The Morgan fingerprint density at radius 1 is 0.895 bits per heavy atom. The molecule has 0 aliphatic heterocycles. The molecule has 0 fully saturated rings. The van der Waals surface area contributed by atoms with Gasteiger partial charge in [0, 0.05) is 0 Å². The third kappa shape index (κ3) is 8.16. The fourth-order valence-corrected chi connectivity index (χ4v) is 4.82. The Balaban J connectivity index is 1.83. The van der Waals surface area contributed by atoms with Crippen molar-refractivity contribution in [3.05, 3.63) is 95.6 Å². The molecule has 0 spiro atoms. The minimum Gasteiger partial charge on any atom is -0.463 e. The van der Waals surface area contributed by atoms with E-state index in [0.717, 1.165) is 11.1 Å². The van der Waals surface area contributed by atoms with Crippen molar-refractivity contribution in [1.29, 1.82) is 0 Å². The van der Waals surface area contributed by atoms with E-state index < -0.39 is 33.9 Å². The minimum absolute atomic E-state index is 0.0261. The molecular formula is C29H33NO7S. The van der Waals surface area contributed by atoms with E-state index in [1.54, 1.807) is 38.1 Å². The van der Waals surface area contributed by atoms with E-state index in [1.165, 1.54) is 24.3 Å². The highest BCUT2D eigenvalue weighted by molar-refractivity contribution is 7.87. The average molecular weight is 540 g/mol. The average Bonchev–Trinajstić information content (AvgIpc) is 2.88. The molecule has 8 nitrogen and oxygen atoms in total. The number of esters is 2. The van der Waals surface area contributed by atoms with Crippen LogP contribution in [0.15, 0.2) is 83.8 Å². The molecule has 2 N–H and O–H groups in total. The fourth-order valence-electron chi connectivity index (χ4n) is 3.89. The van der Waals surface area contributed by atoms with Crippen molar-refractivity contribution in [3.63, 3.8) is 0 Å². The van der Waals surface area contributed by atoms with Crippen molar-refractivity contribution in [2.24, 2.45) is 11.7 Å². The minimum atomic E-state index is -4.04. The van der Waals surface area contributed by atoms with Gasteiger partial charge in [0.1, 0.15) is 17.3 Å². The molecular weight excluding hydrogens is 506 g/mol. The number of nitrogens with two attached hydrogens (primary N) is 1. The third-order valence-electron chi connectivity index (χ3n) is 5.80. The monoisotopic (exact) mass is 539 g/mol. The van der Waals surface area contributed by atoms with E-state index in [9.17, 15) is 18.0 Å². The molecule has 0 aliphatic carbocycles. The van der Waals surface area contributed by atoms with Gasteiger partial charge in [-0.15, -0.1) is 0 Å². The Kier molecular flexibility index (Phi) is 10.0. The molecule has 0 bridgehead atoms. The van der Waals surface area contributed by atoms with E-state index in [-0.39, 0.29) is 36.3 Å². The Labute approximate surface area is 223 Å². The number of rotatable bonds is 12. The molecule has 2 atom stereocenters. The number of aryl methyl sites for hydroxylation is 1. The highest BCUT2D eigenvalue weighted by atomic mass is 32.2. The summed E-state index contributed by atoms with van der Waals surface area (Å²) in [5.41, 5.74) is 8.25. The van der Waals surface area contributed by atoms with Gasteiger partial charge in [-0.25, -0.2) is 0 Å². The molecule has 0 radical (unpaired) electrons. The van der Waals surface area contributed by atoms with Gasteiger partial charge in [-0.1, -0.05) is 60.2 Å². The number of carbonyl (C=O) groups excluding carboxylic acids is 2. The maximum atomic E-state index is 13.3. The van der Waals surface area contributed by atoms with E-state index >= 15 is 0 Å². The van der Waals surface area contributed by atoms with Crippen molar-refractivity contribution in [2.75, 3.05) is 6.54 Å². The second-order valence-electron chi connectivity index (χ2n) is 9.23. The maximum Gasteiger partial charge on any atom is 0.339 e. The Morgan fingerprint density at radius 2 is 1.53 bits per heavy atom. The van der Waals surface area contributed by atoms with E-state index in [0.29, 0.717) is 5.56 Å². The normalized spacial score (nSPS) is 13.0. The molecule has 3 rings (SSSR count). The number of hydrogen-bond acceptors (Lipinski definition) is 8. The molecule has 0 saturated heterocycles. The zero-order valence-electron chi connectivity index (χ0n) is 21.7.